The molecule has 162 valence electrons. The second kappa shape index (κ2) is 11.8. The molecular formula is C25H34N2O2S. The van der Waals surface area contributed by atoms with Crippen molar-refractivity contribution in [3.63, 3.8) is 0 Å². The van der Waals surface area contributed by atoms with Crippen LogP contribution >= 0.6 is 11.8 Å². The molecule has 2 amide bonds. The molecule has 1 N–H and O–H groups in total. The lowest BCUT2D eigenvalue weighted by Gasteiger charge is -2.31. The molecule has 1 atom stereocenters. The minimum Gasteiger partial charge on any atom is -0.352 e. The van der Waals surface area contributed by atoms with Crippen molar-refractivity contribution >= 4 is 23.6 Å². The molecule has 0 unspecified atom stereocenters. The number of rotatable bonds is 10. The lowest BCUT2D eigenvalue weighted by atomic mass is 10.1. The molecule has 0 aliphatic carbocycles. The summed E-state index contributed by atoms with van der Waals surface area (Å²) in [6.45, 7) is 10.4. The van der Waals surface area contributed by atoms with Gasteiger partial charge in [0, 0.05) is 18.3 Å². The third kappa shape index (κ3) is 7.52. The standard InChI is InChI=1S/C25H34N2O2S/c1-6-23(25(29)26-18(2)3)27(15-22-9-7-8-20(5)14-22)24(28)17-30-16-21-12-10-19(4)11-13-21/h7-14,18,23H,6,15-17H2,1-5H3,(H,26,29)/t23-/m1/s1. The molecule has 2 rings (SSSR count). The summed E-state index contributed by atoms with van der Waals surface area (Å²) in [5.41, 5.74) is 4.62. The number of hydrogen-bond donors (Lipinski definition) is 1. The highest BCUT2D eigenvalue weighted by Gasteiger charge is 2.28. The quantitative estimate of drug-likeness (QED) is 0.590. The van der Waals surface area contributed by atoms with Gasteiger partial charge in [-0.2, -0.15) is 0 Å². The lowest BCUT2D eigenvalue weighted by Crippen LogP contribution is -2.50. The van der Waals surface area contributed by atoms with E-state index in [0.717, 1.165) is 16.9 Å². The molecule has 4 nitrogen and oxygen atoms in total. The van der Waals surface area contributed by atoms with E-state index in [9.17, 15) is 9.59 Å². The van der Waals surface area contributed by atoms with Crippen molar-refractivity contribution in [2.75, 3.05) is 5.75 Å². The van der Waals surface area contributed by atoms with Gasteiger partial charge in [-0.3, -0.25) is 9.59 Å². The van der Waals surface area contributed by atoms with Gasteiger partial charge in [0.1, 0.15) is 6.04 Å². The number of nitrogens with one attached hydrogen (secondary N) is 1. The Balaban J connectivity index is 2.12. The van der Waals surface area contributed by atoms with Gasteiger partial charge in [-0.1, -0.05) is 66.6 Å². The predicted octanol–water partition coefficient (Wildman–Crippen LogP) is 4.87. The summed E-state index contributed by atoms with van der Waals surface area (Å²) in [6, 6.07) is 16.1. The van der Waals surface area contributed by atoms with Gasteiger partial charge in [0.05, 0.1) is 5.75 Å². The predicted molar refractivity (Wildman–Crippen MR) is 126 cm³/mol. The van der Waals surface area contributed by atoms with E-state index in [2.05, 4.69) is 42.6 Å². The summed E-state index contributed by atoms with van der Waals surface area (Å²) in [5.74, 6) is 1.04. The van der Waals surface area contributed by atoms with Crippen LogP contribution in [0.2, 0.25) is 0 Å². The first-order chi connectivity index (χ1) is 14.3. The Bertz CT molecular complexity index is 833. The summed E-state index contributed by atoms with van der Waals surface area (Å²) in [6.07, 6.45) is 0.582. The van der Waals surface area contributed by atoms with Crippen LogP contribution in [0.15, 0.2) is 48.5 Å². The average molecular weight is 427 g/mol. The summed E-state index contributed by atoms with van der Waals surface area (Å²) in [7, 11) is 0. The molecule has 0 radical (unpaired) electrons. The van der Waals surface area contributed by atoms with Crippen LogP contribution in [0.3, 0.4) is 0 Å². The van der Waals surface area contributed by atoms with E-state index >= 15 is 0 Å². The topological polar surface area (TPSA) is 49.4 Å². The first kappa shape index (κ1) is 24.0. The van der Waals surface area contributed by atoms with Gasteiger partial charge in [0.25, 0.3) is 0 Å². The van der Waals surface area contributed by atoms with Crippen molar-refractivity contribution in [1.82, 2.24) is 10.2 Å². The van der Waals surface area contributed by atoms with Crippen LogP contribution in [-0.2, 0) is 21.9 Å². The van der Waals surface area contributed by atoms with Crippen LogP contribution in [0.1, 0.15) is 49.4 Å². The first-order valence-electron chi connectivity index (χ1n) is 10.6. The fraction of sp³-hybridized carbons (Fsp3) is 0.440. The molecule has 30 heavy (non-hydrogen) atoms. The zero-order valence-corrected chi connectivity index (χ0v) is 19.6. The second-order valence-corrected chi connectivity index (χ2v) is 9.06. The third-order valence-electron chi connectivity index (χ3n) is 4.87. The van der Waals surface area contributed by atoms with Crippen molar-refractivity contribution in [1.29, 1.82) is 0 Å². The van der Waals surface area contributed by atoms with Crippen LogP contribution < -0.4 is 5.32 Å². The highest BCUT2D eigenvalue weighted by Crippen LogP contribution is 2.18. The van der Waals surface area contributed by atoms with Gasteiger partial charge in [0.2, 0.25) is 11.8 Å². The SMILES string of the molecule is CC[C@H](C(=O)NC(C)C)N(Cc1cccc(C)c1)C(=O)CSCc1ccc(C)cc1. The van der Waals surface area contributed by atoms with E-state index in [0.29, 0.717) is 18.7 Å². The van der Waals surface area contributed by atoms with Crippen molar-refractivity contribution in [2.45, 2.75) is 65.4 Å². The Kier molecular flexibility index (Phi) is 9.44. The molecular weight excluding hydrogens is 392 g/mol. The minimum absolute atomic E-state index is 0.000580. The first-order valence-corrected chi connectivity index (χ1v) is 11.7. The van der Waals surface area contributed by atoms with Crippen LogP contribution in [0.25, 0.3) is 0 Å². The molecule has 0 bridgehead atoms. The van der Waals surface area contributed by atoms with Crippen LogP contribution in [0.4, 0.5) is 0 Å². The van der Waals surface area contributed by atoms with Crippen LogP contribution in [-0.4, -0.2) is 34.6 Å². The minimum atomic E-state index is -0.472. The Morgan fingerprint density at radius 2 is 1.70 bits per heavy atom. The molecule has 0 aliphatic heterocycles. The third-order valence-corrected chi connectivity index (χ3v) is 5.86. The number of aryl methyl sites for hydroxylation is 2. The zero-order chi connectivity index (χ0) is 22.1. The molecule has 0 aromatic heterocycles. The normalized spacial score (nSPS) is 11.9. The van der Waals surface area contributed by atoms with Crippen LogP contribution in [0.5, 0.6) is 0 Å². The van der Waals surface area contributed by atoms with Gasteiger partial charge in [-0.15, -0.1) is 11.8 Å². The van der Waals surface area contributed by atoms with Gasteiger partial charge in [-0.05, 0) is 45.2 Å². The smallest absolute Gasteiger partial charge is 0.243 e. The molecule has 0 spiro atoms. The Morgan fingerprint density at radius 1 is 1.00 bits per heavy atom. The van der Waals surface area contributed by atoms with Crippen molar-refractivity contribution in [3.8, 4) is 0 Å². The lowest BCUT2D eigenvalue weighted by molar-refractivity contribution is -0.139. The van der Waals surface area contributed by atoms with Gasteiger partial charge in [-0.25, -0.2) is 0 Å². The molecule has 2 aromatic carbocycles. The zero-order valence-electron chi connectivity index (χ0n) is 18.8. The average Bonchev–Trinajstić information content (AvgIpc) is 2.68. The van der Waals surface area contributed by atoms with E-state index in [1.807, 2.05) is 45.9 Å². The fourth-order valence-electron chi connectivity index (χ4n) is 3.33. The number of nitrogens with zero attached hydrogens (tertiary/aromatic N) is 1. The summed E-state index contributed by atoms with van der Waals surface area (Å²) < 4.78 is 0. The van der Waals surface area contributed by atoms with Crippen LogP contribution in [0, 0.1) is 13.8 Å². The Labute approximate surface area is 185 Å². The maximum Gasteiger partial charge on any atom is 0.243 e. The second-order valence-electron chi connectivity index (χ2n) is 8.08. The number of hydrogen-bond acceptors (Lipinski definition) is 3. The van der Waals surface area contributed by atoms with Gasteiger partial charge >= 0.3 is 0 Å². The maximum atomic E-state index is 13.2. The van der Waals surface area contributed by atoms with Crippen molar-refractivity contribution < 1.29 is 9.59 Å². The summed E-state index contributed by atoms with van der Waals surface area (Å²) >= 11 is 1.59. The van der Waals surface area contributed by atoms with E-state index in [4.69, 9.17) is 0 Å². The maximum absolute atomic E-state index is 13.2. The molecule has 2 aromatic rings. The molecule has 0 aliphatic rings. The number of thioether (sulfide) groups is 1. The van der Waals surface area contributed by atoms with E-state index < -0.39 is 6.04 Å². The van der Waals surface area contributed by atoms with E-state index in [-0.39, 0.29) is 17.9 Å². The number of amides is 2. The summed E-state index contributed by atoms with van der Waals surface area (Å²) in [5, 5.41) is 2.97. The molecule has 0 saturated carbocycles. The number of benzene rings is 2. The van der Waals surface area contributed by atoms with Crippen molar-refractivity contribution in [3.05, 3.63) is 70.8 Å². The molecule has 0 fully saturated rings. The highest BCUT2D eigenvalue weighted by molar-refractivity contribution is 7.99. The number of carbonyl (C=O) groups is 2. The molecule has 0 heterocycles. The van der Waals surface area contributed by atoms with Gasteiger partial charge in [0.15, 0.2) is 0 Å². The summed E-state index contributed by atoms with van der Waals surface area (Å²) in [4.78, 5) is 27.7. The number of carbonyl (C=O) groups excluding carboxylic acids is 2. The Morgan fingerprint density at radius 3 is 2.30 bits per heavy atom. The van der Waals surface area contributed by atoms with E-state index in [1.54, 1.807) is 16.7 Å². The molecule has 5 heteroatoms. The van der Waals surface area contributed by atoms with Gasteiger partial charge < -0.3 is 10.2 Å². The van der Waals surface area contributed by atoms with Crippen molar-refractivity contribution in [2.24, 2.45) is 0 Å². The Hall–Kier alpha value is -2.27. The van der Waals surface area contributed by atoms with E-state index in [1.165, 1.54) is 11.1 Å². The fourth-order valence-corrected chi connectivity index (χ4v) is 4.20. The monoisotopic (exact) mass is 426 g/mol. The molecule has 0 saturated heterocycles. The largest absolute Gasteiger partial charge is 0.352 e. The highest BCUT2D eigenvalue weighted by atomic mass is 32.2.